The van der Waals surface area contributed by atoms with Crippen LogP contribution in [0.1, 0.15) is 5.82 Å². The molecule has 0 saturated carbocycles. The zero-order chi connectivity index (χ0) is 5.11. The maximum atomic E-state index is 8.32. The van der Waals surface area contributed by atoms with E-state index >= 15 is 0 Å². The Kier molecular flexibility index (Phi) is 1.04. The van der Waals surface area contributed by atoms with Gasteiger partial charge in [0.15, 0.2) is 0 Å². The van der Waals surface area contributed by atoms with Crippen molar-refractivity contribution < 1.29 is 10.1 Å². The van der Waals surface area contributed by atoms with Crippen molar-refractivity contribution in [1.29, 1.82) is 0 Å². The first-order valence-electron chi connectivity index (χ1n) is 1.94. The number of rotatable bonds is 1. The van der Waals surface area contributed by atoms with E-state index in [1.807, 2.05) is 0 Å². The van der Waals surface area contributed by atoms with Gasteiger partial charge in [0.05, 0.1) is 0 Å². The molecule has 0 unspecified atom stereocenters. The van der Waals surface area contributed by atoms with E-state index in [-0.39, 0.29) is 6.61 Å². The number of aromatic amines is 2. The van der Waals surface area contributed by atoms with Gasteiger partial charge < -0.3 is 5.11 Å². The molecule has 4 nitrogen and oxygen atoms in total. The van der Waals surface area contributed by atoms with Crippen LogP contribution in [0.25, 0.3) is 0 Å². The van der Waals surface area contributed by atoms with Crippen LogP contribution < -0.4 is 4.98 Å². The first kappa shape index (κ1) is 4.26. The number of nitrogens with zero attached hydrogens (tertiary/aromatic N) is 1. The molecule has 1 heterocycles. The van der Waals surface area contributed by atoms with Crippen LogP contribution in [-0.4, -0.2) is 15.3 Å². The molecule has 0 aliphatic heterocycles. The molecule has 1 aromatic heterocycles. The third-order valence-corrected chi connectivity index (χ3v) is 0.661. The molecule has 1 aromatic rings. The van der Waals surface area contributed by atoms with Crippen molar-refractivity contribution in [2.24, 2.45) is 0 Å². The quantitative estimate of drug-likeness (QED) is 0.461. The van der Waals surface area contributed by atoms with Gasteiger partial charge in [0.2, 0.25) is 0 Å². The molecule has 7 heavy (non-hydrogen) atoms. The van der Waals surface area contributed by atoms with E-state index in [4.69, 9.17) is 5.11 Å². The predicted molar refractivity (Wildman–Crippen MR) is 21.1 cm³/mol. The summed E-state index contributed by atoms with van der Waals surface area (Å²) in [6.07, 6.45) is 1.48. The third kappa shape index (κ3) is 0.747. The molecule has 0 aliphatic rings. The van der Waals surface area contributed by atoms with Gasteiger partial charge in [-0.3, -0.25) is 0 Å². The minimum Gasteiger partial charge on any atom is -0.385 e. The Labute approximate surface area is 40.2 Å². The van der Waals surface area contributed by atoms with Crippen LogP contribution >= 0.6 is 0 Å². The summed E-state index contributed by atoms with van der Waals surface area (Å²) in [5, 5.41) is 14.4. The van der Waals surface area contributed by atoms with Gasteiger partial charge in [0, 0.05) is 5.10 Å². The Hall–Kier alpha value is -0.900. The number of aromatic nitrogens is 3. The maximum absolute atomic E-state index is 8.32. The summed E-state index contributed by atoms with van der Waals surface area (Å²) in [6.45, 7) is -0.0139. The smallest absolute Gasteiger partial charge is 0.262 e. The van der Waals surface area contributed by atoms with Crippen molar-refractivity contribution in [3.8, 4) is 0 Å². The van der Waals surface area contributed by atoms with Crippen LogP contribution in [0.4, 0.5) is 0 Å². The second-order valence-electron chi connectivity index (χ2n) is 1.15. The Morgan fingerprint density at radius 1 is 2.00 bits per heavy atom. The topological polar surface area (TPSA) is 63.0 Å². The van der Waals surface area contributed by atoms with Gasteiger partial charge in [0.25, 0.3) is 12.2 Å². The molecule has 0 spiro atoms. The summed E-state index contributed by atoms with van der Waals surface area (Å²) in [6, 6.07) is 0. The van der Waals surface area contributed by atoms with Crippen LogP contribution in [0.2, 0.25) is 0 Å². The van der Waals surface area contributed by atoms with E-state index in [9.17, 15) is 0 Å². The minimum absolute atomic E-state index is 0.0139. The number of hydrogen-bond acceptors (Lipinski definition) is 2. The summed E-state index contributed by atoms with van der Waals surface area (Å²) in [5.74, 6) is 0.625. The largest absolute Gasteiger partial charge is 0.385 e. The van der Waals surface area contributed by atoms with E-state index in [1.165, 1.54) is 6.33 Å². The van der Waals surface area contributed by atoms with Gasteiger partial charge in [-0.25, -0.2) is 4.98 Å². The molecule has 0 atom stereocenters. The maximum Gasteiger partial charge on any atom is 0.262 e. The normalized spacial score (nSPS) is 9.29. The second kappa shape index (κ2) is 1.70. The SMILES string of the molecule is OCc1[nH]nc[nH+]1. The monoisotopic (exact) mass is 100 g/mol. The molecule has 0 fully saturated rings. The van der Waals surface area contributed by atoms with Crippen LogP contribution in [0.15, 0.2) is 6.33 Å². The van der Waals surface area contributed by atoms with Crippen molar-refractivity contribution in [2.75, 3.05) is 0 Å². The zero-order valence-corrected chi connectivity index (χ0v) is 3.68. The molecule has 3 N–H and O–H groups in total. The molecule has 0 aromatic carbocycles. The second-order valence-corrected chi connectivity index (χ2v) is 1.15. The van der Waals surface area contributed by atoms with Crippen molar-refractivity contribution in [2.45, 2.75) is 6.61 Å². The van der Waals surface area contributed by atoms with Gasteiger partial charge in [-0.15, -0.1) is 5.10 Å². The van der Waals surface area contributed by atoms with Gasteiger partial charge in [0.1, 0.15) is 6.61 Å². The van der Waals surface area contributed by atoms with E-state index in [0.29, 0.717) is 5.82 Å². The molecule has 0 aliphatic carbocycles. The van der Waals surface area contributed by atoms with Gasteiger partial charge in [-0.05, 0) is 0 Å². The van der Waals surface area contributed by atoms with E-state index in [1.54, 1.807) is 0 Å². The summed E-state index contributed by atoms with van der Waals surface area (Å²) in [5.41, 5.74) is 0. The average molecular weight is 100 g/mol. The first-order chi connectivity index (χ1) is 3.43. The molecular weight excluding hydrogens is 94.1 g/mol. The van der Waals surface area contributed by atoms with Gasteiger partial charge in [-0.1, -0.05) is 0 Å². The lowest BCUT2D eigenvalue weighted by Gasteiger charge is -1.71. The first-order valence-corrected chi connectivity index (χ1v) is 1.94. The Bertz CT molecular complexity index is 125. The fourth-order valence-corrected chi connectivity index (χ4v) is 0.334. The molecule has 1 rings (SSSR count). The summed E-state index contributed by atoms with van der Waals surface area (Å²) < 4.78 is 0. The fourth-order valence-electron chi connectivity index (χ4n) is 0.334. The highest BCUT2D eigenvalue weighted by Crippen LogP contribution is 1.72. The molecular formula is C3H6N3O+. The number of nitrogens with one attached hydrogen (secondary N) is 2. The molecule has 38 valence electrons. The highest BCUT2D eigenvalue weighted by molar-refractivity contribution is 4.60. The highest BCUT2D eigenvalue weighted by atomic mass is 16.3. The van der Waals surface area contributed by atoms with Crippen LogP contribution in [0.5, 0.6) is 0 Å². The number of aliphatic hydroxyl groups is 1. The summed E-state index contributed by atoms with van der Waals surface area (Å²) in [4.78, 5) is 2.67. The van der Waals surface area contributed by atoms with E-state index < -0.39 is 0 Å². The predicted octanol–water partition coefficient (Wildman–Crippen LogP) is -1.28. The summed E-state index contributed by atoms with van der Waals surface area (Å²) >= 11 is 0. The highest BCUT2D eigenvalue weighted by Gasteiger charge is 1.93. The Morgan fingerprint density at radius 2 is 2.86 bits per heavy atom. The van der Waals surface area contributed by atoms with Crippen LogP contribution in [-0.2, 0) is 6.61 Å². The standard InChI is InChI=1S/C3H5N3O/c7-1-3-4-2-5-6-3/h2,7H,1H2,(H,4,5,6)/p+1. The van der Waals surface area contributed by atoms with Crippen LogP contribution in [0.3, 0.4) is 0 Å². The minimum atomic E-state index is -0.0139. The van der Waals surface area contributed by atoms with E-state index in [0.717, 1.165) is 0 Å². The summed E-state index contributed by atoms with van der Waals surface area (Å²) in [7, 11) is 0. The van der Waals surface area contributed by atoms with Crippen LogP contribution in [0, 0.1) is 0 Å². The number of H-pyrrole nitrogens is 2. The van der Waals surface area contributed by atoms with Crippen molar-refractivity contribution >= 4 is 0 Å². The number of aliphatic hydroxyl groups excluding tert-OH is 1. The van der Waals surface area contributed by atoms with Gasteiger partial charge >= 0.3 is 0 Å². The van der Waals surface area contributed by atoms with Gasteiger partial charge in [-0.2, -0.15) is 0 Å². The van der Waals surface area contributed by atoms with Crippen molar-refractivity contribution in [3.63, 3.8) is 0 Å². The molecule has 4 heteroatoms. The lowest BCUT2D eigenvalue weighted by Crippen LogP contribution is -2.04. The van der Waals surface area contributed by atoms with Crippen molar-refractivity contribution in [3.05, 3.63) is 12.2 Å². The zero-order valence-electron chi connectivity index (χ0n) is 3.68. The molecule has 0 amide bonds. The molecule has 0 radical (unpaired) electrons. The Balaban J connectivity index is 2.76. The lowest BCUT2D eigenvalue weighted by atomic mass is 10.7. The average Bonchev–Trinajstić information content (AvgIpc) is 2.14. The molecule has 0 saturated heterocycles. The molecule has 0 bridgehead atoms. The third-order valence-electron chi connectivity index (χ3n) is 0.661. The fraction of sp³-hybridized carbons (Fsp3) is 0.333. The number of hydrogen-bond donors (Lipinski definition) is 2. The van der Waals surface area contributed by atoms with Crippen molar-refractivity contribution in [1.82, 2.24) is 10.2 Å². The van der Waals surface area contributed by atoms with E-state index in [2.05, 4.69) is 15.2 Å². The lowest BCUT2D eigenvalue weighted by molar-refractivity contribution is -0.394. The Morgan fingerprint density at radius 3 is 3.14 bits per heavy atom.